The molecule has 30 heterocycles. The van der Waals surface area contributed by atoms with Crippen molar-refractivity contribution in [2.75, 3.05) is 87.1 Å². The standard InChI is InChI=1S/C69H108O47S7.7Na/c70-15-23-54-38(85)46(93)62(101-23)110-55-24(16-117-8-1-31(71)72)103-64(48(95)40(55)87)112-57-26(18-119-10-3-33(75)76)105-66(50(97)42(57)89)114-59-28(20-121-12-5-35(79)80)107-68(52(99)44(59)91)116-61-30(22-123-14-7-37(83)84)108-69(53(100)45(61)92)115-60-29(21-122-13-6-36(81)82)106-67(51(98)43(60)90)113-58-27(19-120-11-4-34(77)78)104-65(49(96)41(58)88)111-56-25(17-118-9-2-32(73)74)102-63(109-54)47(94)39(56)86;;;;;;;/h23-30,38-70,85-100H,1-22H2,(H,71,72)(H,73,74)(H,75,76)(H,77,78)(H,79,80)(H,81,82)(H,83,84);;;;;;;/q;7*+1/p-7/t23-,24-,25-,26-,27-,28-,29-,30-,38-,39-,40-,41-,42-,43-,44-,45-,46-,47-,48-,49-,50-,51-,52-,53-,54-,55-,56-,57-,58-,59-,60-,61-,62-,63-,64-,65-,66-,67-,68-,69-;;;;;;;/m1......./s1. The van der Waals surface area contributed by atoms with Crippen LogP contribution in [0.2, 0.25) is 0 Å². The smallest absolute Gasteiger partial charge is 0.550 e. The summed E-state index contributed by atoms with van der Waals surface area (Å²) in [4.78, 5) is 81.3. The Morgan fingerprint density at radius 3 is 0.400 bits per heavy atom. The molecule has 30 rings (SSSR count). The summed E-state index contributed by atoms with van der Waals surface area (Å²) in [6.45, 7) is -1.16. The van der Waals surface area contributed by atoms with Crippen molar-refractivity contribution in [3.05, 3.63) is 0 Å². The van der Waals surface area contributed by atoms with Crippen molar-refractivity contribution >= 4 is 124 Å². The summed E-state index contributed by atoms with van der Waals surface area (Å²) < 4.78 is 98.5. The minimum Gasteiger partial charge on any atom is -0.550 e. The summed E-state index contributed by atoms with van der Waals surface area (Å²) in [7, 11) is 0. The van der Waals surface area contributed by atoms with Crippen molar-refractivity contribution in [3.8, 4) is 0 Å². The second-order valence-electron chi connectivity index (χ2n) is 29.6. The van der Waals surface area contributed by atoms with E-state index in [0.29, 0.717) is 0 Å². The largest absolute Gasteiger partial charge is 1.00 e. The average molecular weight is 2070 g/mol. The molecule has 0 spiro atoms. The van der Waals surface area contributed by atoms with Crippen molar-refractivity contribution in [2.24, 2.45) is 0 Å². The Bertz CT molecular complexity index is 3200. The second-order valence-corrected chi connectivity index (χ2v) is 37.6. The van der Waals surface area contributed by atoms with Gasteiger partial charge in [-0.1, -0.05) is 0 Å². The van der Waals surface area contributed by atoms with E-state index >= 15 is 0 Å². The minimum atomic E-state index is -2.35. The molecule has 0 unspecified atom stereocenters. The Labute approximate surface area is 928 Å². The third-order valence-corrected chi connectivity index (χ3v) is 28.2. The van der Waals surface area contributed by atoms with Crippen LogP contribution in [0.3, 0.4) is 0 Å². The average Bonchev–Trinajstić information content (AvgIpc) is 0.768. The first-order chi connectivity index (χ1) is 58.4. The molecule has 16 bridgehead atoms. The predicted octanol–water partition coefficient (Wildman–Crippen LogP) is -39.2. The van der Waals surface area contributed by atoms with E-state index in [1.807, 2.05) is 0 Å². The number of aliphatic hydroxyl groups excluding tert-OH is 17. The van der Waals surface area contributed by atoms with Gasteiger partial charge in [-0.05, 0) is 85.2 Å². The van der Waals surface area contributed by atoms with E-state index < -0.39 is 379 Å². The maximum Gasteiger partial charge on any atom is 1.00 e. The number of aliphatic carboxylic acids is 7. The number of carboxylic acids is 7. The zero-order chi connectivity index (χ0) is 90.0. The molecular formula is C69H101Na7O47S7. The maximum atomic E-state index is 12.2. The summed E-state index contributed by atoms with van der Waals surface area (Å²) in [5.41, 5.74) is 0. The van der Waals surface area contributed by atoms with Crippen molar-refractivity contribution in [3.63, 3.8) is 0 Å². The van der Waals surface area contributed by atoms with Gasteiger partial charge < -0.3 is 232 Å². The number of rotatable bonds is 36. The molecule has 0 aromatic rings. The summed E-state index contributed by atoms with van der Waals surface area (Å²) in [5, 5.41) is 285. The van der Waals surface area contributed by atoms with E-state index in [-0.39, 0.29) is 247 Å². The van der Waals surface area contributed by atoms with Gasteiger partial charge in [0, 0.05) is 82.1 Å². The van der Waals surface area contributed by atoms with Crippen LogP contribution < -0.4 is 243 Å². The summed E-state index contributed by atoms with van der Waals surface area (Å²) in [6, 6.07) is 0. The van der Waals surface area contributed by atoms with E-state index in [0.717, 1.165) is 82.3 Å². The molecule has 61 heteroatoms. The van der Waals surface area contributed by atoms with Crippen LogP contribution in [-0.2, 0) is 109 Å². The van der Waals surface area contributed by atoms with Crippen molar-refractivity contribution in [1.29, 1.82) is 0 Å². The molecular weight excluding hydrogens is 1970 g/mol. The molecule has 0 saturated carbocycles. The number of carbonyl (C=O) groups excluding carboxylic acids is 7. The van der Waals surface area contributed by atoms with Crippen LogP contribution >= 0.6 is 82.3 Å². The van der Waals surface area contributed by atoms with Crippen molar-refractivity contribution in [1.82, 2.24) is 0 Å². The van der Waals surface area contributed by atoms with Crippen LogP contribution in [0.15, 0.2) is 0 Å². The van der Waals surface area contributed by atoms with E-state index in [9.17, 15) is 156 Å². The van der Waals surface area contributed by atoms with Gasteiger partial charge in [0.2, 0.25) is 0 Å². The molecule has 0 aromatic heterocycles. The van der Waals surface area contributed by atoms with Crippen LogP contribution in [0.5, 0.6) is 0 Å². The summed E-state index contributed by atoms with van der Waals surface area (Å²) in [6.07, 6.45) is -87.7. The van der Waals surface area contributed by atoms with Gasteiger partial charge >= 0.3 is 207 Å². The van der Waals surface area contributed by atoms with E-state index in [1.165, 1.54) is 0 Å². The van der Waals surface area contributed by atoms with Gasteiger partial charge in [-0.2, -0.15) is 82.3 Å². The van der Waals surface area contributed by atoms with Gasteiger partial charge in [0.25, 0.3) is 0 Å². The topological polar surface area (TPSA) is 773 Å². The number of thioether (sulfide) groups is 7. The second kappa shape index (κ2) is 64.5. The number of hydrogen-bond donors (Lipinski definition) is 17. The Balaban J connectivity index is 0.00000817. The molecule has 0 aromatic carbocycles. The first-order valence-corrected chi connectivity index (χ1v) is 46.9. The fourth-order valence-corrected chi connectivity index (χ4v) is 21.1. The number of hydrogen-bond acceptors (Lipinski definition) is 54. The summed E-state index contributed by atoms with van der Waals surface area (Å²) >= 11 is 5.77. The molecule has 0 amide bonds. The molecule has 47 nitrogen and oxygen atoms in total. The normalized spacial score (nSPS) is 40.4. The van der Waals surface area contributed by atoms with Gasteiger partial charge in [-0.3, -0.25) is 0 Å². The van der Waals surface area contributed by atoms with Crippen LogP contribution in [0.25, 0.3) is 0 Å². The number of aliphatic hydroxyl groups is 17. The zero-order valence-electron chi connectivity index (χ0n) is 71.9. The predicted molar refractivity (Wildman–Crippen MR) is 400 cm³/mol. The monoisotopic (exact) mass is 2070 g/mol. The van der Waals surface area contributed by atoms with Gasteiger partial charge in [-0.25, -0.2) is 0 Å². The fraction of sp³-hybridized carbons (Fsp3) is 0.899. The third-order valence-electron chi connectivity index (χ3n) is 20.8. The third kappa shape index (κ3) is 37.4. The van der Waals surface area contributed by atoms with E-state index in [4.69, 9.17) is 75.8 Å². The van der Waals surface area contributed by atoms with Crippen LogP contribution in [0, 0.1) is 0 Å². The van der Waals surface area contributed by atoms with Crippen molar-refractivity contribution in [2.45, 2.75) is 291 Å². The number of ether oxygens (including phenoxy) is 16. The van der Waals surface area contributed by atoms with Crippen LogP contribution in [0.4, 0.5) is 0 Å². The minimum absolute atomic E-state index is 0. The number of carbonyl (C=O) groups is 7. The van der Waals surface area contributed by atoms with Gasteiger partial charge in [-0.15, -0.1) is 0 Å². The molecule has 17 N–H and O–H groups in total. The van der Waals surface area contributed by atoms with Crippen molar-refractivity contribution < 1.29 is 439 Å². The summed E-state index contributed by atoms with van der Waals surface area (Å²) in [5.74, 6) is -15.1. The number of carboxylic acid groups (broad SMARTS) is 7. The molecule has 130 heavy (non-hydrogen) atoms. The quantitative estimate of drug-likeness (QED) is 0.0205. The Morgan fingerprint density at radius 2 is 0.292 bits per heavy atom. The molecule has 0 radical (unpaired) electrons. The molecule has 30 aliphatic rings. The van der Waals surface area contributed by atoms with E-state index in [1.54, 1.807) is 0 Å². The molecule has 0 aliphatic carbocycles. The maximum absolute atomic E-state index is 12.2. The molecule has 30 saturated heterocycles. The van der Waals surface area contributed by atoms with Crippen LogP contribution in [0.1, 0.15) is 44.9 Å². The molecule has 30 fully saturated rings. The first kappa shape index (κ1) is 130. The molecule has 40 atom stereocenters. The SMILES string of the molecule is O=C([O-])CCSC[C@H]1O[C@@H]2O[C@H]3[C@H](O)[C@@H](O)[C@@H](O[C@H]4[C@H](O)[C@@H](O)[C@@H](O[C@H]5[C@H](O)[C@@H](O)[C@@H](O[C@H]6[C@H](O)[C@@H](O)[C@@H](O[C@H]7[C@H](O)[C@@H](O)[C@@H](O[C@H]8[C@H](O)[C@@H](O)[C@@H](O[C@H]9[C@H](O)[C@@H](O)[C@@H](O[C@H]1[C@H](O)[C@H]2O)O[C@@H]9CO)O[C@@H]8CSCCC(=O)[O-])O[C@@H]7CSCCC(=O)[O-])O[C@@H]6CSCCC(=O)[O-])O[C@@H]5CSCCC(=O)[O-])O[C@@H]4CSCCC(=O)[O-])O[C@@H]3CSCCC(=O)[O-].[Na+].[Na+].[Na+].[Na+].[Na+].[Na+].[Na+]. The zero-order valence-corrected chi connectivity index (χ0v) is 91.6. The van der Waals surface area contributed by atoms with Gasteiger partial charge in [0.15, 0.2) is 50.3 Å². The van der Waals surface area contributed by atoms with Gasteiger partial charge in [0.1, 0.15) is 153 Å². The van der Waals surface area contributed by atoms with Crippen LogP contribution in [-0.4, -0.2) is 461 Å². The Morgan fingerprint density at radius 1 is 0.185 bits per heavy atom. The van der Waals surface area contributed by atoms with Gasteiger partial charge in [0.05, 0.1) is 49.3 Å². The van der Waals surface area contributed by atoms with E-state index in [2.05, 4.69) is 0 Å². The molecule has 30 aliphatic heterocycles. The first-order valence-electron chi connectivity index (χ1n) is 38.8. The Hall–Kier alpha value is 4.42. The fourth-order valence-electron chi connectivity index (χ4n) is 14.3. The Kier molecular flexibility index (Phi) is 64.8. The molecule has 708 valence electrons.